The molecule has 0 aliphatic carbocycles. The van der Waals surface area contributed by atoms with Crippen LogP contribution in [0, 0.1) is 6.92 Å². The van der Waals surface area contributed by atoms with Gasteiger partial charge in [-0.1, -0.05) is 12.1 Å². The van der Waals surface area contributed by atoms with E-state index in [1.165, 1.54) is 0 Å². The molecule has 5 rings (SSSR count). The maximum atomic E-state index is 4.49. The fraction of sp³-hybridized carbons (Fsp3) is 0.105. The first kappa shape index (κ1) is 14.7. The molecule has 0 saturated carbocycles. The Morgan fingerprint density at radius 1 is 1.12 bits per heavy atom. The number of pyridine rings is 1. The van der Waals surface area contributed by atoms with Gasteiger partial charge in [-0.25, -0.2) is 4.98 Å². The number of nitrogens with zero attached hydrogens (tertiary/aromatic N) is 5. The predicted molar refractivity (Wildman–Crippen MR) is 102 cm³/mol. The number of aromatic nitrogens is 6. The molecule has 0 radical (unpaired) electrons. The molecular formula is C19H17N7. The average Bonchev–Trinajstić information content (AvgIpc) is 3.35. The summed E-state index contributed by atoms with van der Waals surface area (Å²) in [6, 6.07) is 10.4. The van der Waals surface area contributed by atoms with Crippen LogP contribution in [0.15, 0.2) is 55.1 Å². The number of aromatic amines is 1. The molecule has 7 heteroatoms. The monoisotopic (exact) mass is 343 g/mol. The summed E-state index contributed by atoms with van der Waals surface area (Å²) in [5.41, 5.74) is 6.07. The minimum absolute atomic E-state index is 0.802. The zero-order chi connectivity index (χ0) is 17.7. The Balaban J connectivity index is 1.64. The van der Waals surface area contributed by atoms with Crippen LogP contribution in [0.4, 0.5) is 11.5 Å². The molecule has 0 atom stereocenters. The lowest BCUT2D eigenvalue weighted by Gasteiger charge is -2.09. The van der Waals surface area contributed by atoms with Gasteiger partial charge in [0.15, 0.2) is 11.5 Å². The molecular weight excluding hydrogens is 326 g/mol. The Labute approximate surface area is 149 Å². The van der Waals surface area contributed by atoms with Crippen molar-refractivity contribution in [3.8, 4) is 11.1 Å². The van der Waals surface area contributed by atoms with Gasteiger partial charge >= 0.3 is 0 Å². The van der Waals surface area contributed by atoms with Gasteiger partial charge in [0.25, 0.3) is 0 Å². The van der Waals surface area contributed by atoms with Crippen LogP contribution in [0.3, 0.4) is 0 Å². The summed E-state index contributed by atoms with van der Waals surface area (Å²) in [4.78, 5) is 4.47. The second-order valence-electron chi connectivity index (χ2n) is 6.39. The minimum atomic E-state index is 0.802. The van der Waals surface area contributed by atoms with Gasteiger partial charge in [-0.2, -0.15) is 10.2 Å². The Morgan fingerprint density at radius 3 is 2.88 bits per heavy atom. The summed E-state index contributed by atoms with van der Waals surface area (Å²) >= 11 is 0. The van der Waals surface area contributed by atoms with Crippen molar-refractivity contribution in [2.45, 2.75) is 6.92 Å². The van der Waals surface area contributed by atoms with Crippen molar-refractivity contribution < 1.29 is 0 Å². The molecule has 0 unspecified atom stereocenters. The number of aryl methyl sites for hydroxylation is 2. The molecule has 0 bridgehead atoms. The van der Waals surface area contributed by atoms with E-state index in [-0.39, 0.29) is 0 Å². The lowest BCUT2D eigenvalue weighted by molar-refractivity contribution is 0.743. The Morgan fingerprint density at radius 2 is 2.04 bits per heavy atom. The number of hydrogen-bond acceptors (Lipinski definition) is 4. The van der Waals surface area contributed by atoms with Crippen molar-refractivity contribution in [2.75, 3.05) is 5.32 Å². The second kappa shape index (κ2) is 5.45. The quantitative estimate of drug-likeness (QED) is 0.524. The number of anilines is 2. The first-order chi connectivity index (χ1) is 12.7. The van der Waals surface area contributed by atoms with Crippen molar-refractivity contribution in [1.29, 1.82) is 0 Å². The van der Waals surface area contributed by atoms with Crippen LogP contribution in [-0.4, -0.2) is 29.4 Å². The zero-order valence-corrected chi connectivity index (χ0v) is 14.4. The van der Waals surface area contributed by atoms with Gasteiger partial charge in [0, 0.05) is 48.3 Å². The van der Waals surface area contributed by atoms with E-state index in [1.807, 2.05) is 41.5 Å². The number of hydrogen-bond donors (Lipinski definition) is 2. The molecule has 128 valence electrons. The second-order valence-corrected chi connectivity index (χ2v) is 6.39. The molecule has 1 aromatic carbocycles. The number of fused-ring (bicyclic) bond motifs is 2. The van der Waals surface area contributed by atoms with Crippen molar-refractivity contribution in [2.24, 2.45) is 7.05 Å². The van der Waals surface area contributed by atoms with Crippen molar-refractivity contribution >= 4 is 28.1 Å². The van der Waals surface area contributed by atoms with Crippen LogP contribution in [0.25, 0.3) is 27.7 Å². The summed E-state index contributed by atoms with van der Waals surface area (Å²) < 4.78 is 3.87. The Hall–Kier alpha value is -3.61. The third kappa shape index (κ3) is 2.33. The van der Waals surface area contributed by atoms with Crippen LogP contribution in [-0.2, 0) is 7.05 Å². The predicted octanol–water partition coefficient (Wildman–Crippen LogP) is 3.66. The van der Waals surface area contributed by atoms with E-state index in [9.17, 15) is 0 Å². The molecule has 4 heterocycles. The largest absolute Gasteiger partial charge is 0.336 e. The molecule has 0 fully saturated rings. The van der Waals surface area contributed by atoms with E-state index in [2.05, 4.69) is 56.1 Å². The van der Waals surface area contributed by atoms with Gasteiger partial charge in [-0.3, -0.25) is 9.78 Å². The first-order valence-electron chi connectivity index (χ1n) is 8.35. The Bertz CT molecular complexity index is 1220. The van der Waals surface area contributed by atoms with Gasteiger partial charge in [-0.15, -0.1) is 0 Å². The molecule has 0 aliphatic heterocycles. The van der Waals surface area contributed by atoms with Crippen LogP contribution >= 0.6 is 0 Å². The number of benzene rings is 1. The number of imidazole rings is 1. The first-order valence-corrected chi connectivity index (χ1v) is 8.35. The maximum Gasteiger partial charge on any atom is 0.160 e. The summed E-state index contributed by atoms with van der Waals surface area (Å²) in [5, 5.41) is 16.1. The van der Waals surface area contributed by atoms with Gasteiger partial charge in [0.1, 0.15) is 0 Å². The van der Waals surface area contributed by atoms with E-state index in [0.717, 1.165) is 44.9 Å². The van der Waals surface area contributed by atoms with Crippen LogP contribution in [0.5, 0.6) is 0 Å². The van der Waals surface area contributed by atoms with Crippen LogP contribution in [0.1, 0.15) is 5.69 Å². The molecule has 2 N–H and O–H groups in total. The minimum Gasteiger partial charge on any atom is -0.336 e. The standard InChI is InChI=1S/C19H17N7/c1-12-7-18(24-25(12)2)22-17-9-15(11-26-6-5-20-19(17)26)13-3-4-14-10-21-23-16(14)8-13/h3-11H,1-2H3,(H,21,23)(H,22,24). The number of H-pyrrole nitrogens is 1. The van der Waals surface area contributed by atoms with Crippen LogP contribution in [0.2, 0.25) is 0 Å². The lowest BCUT2D eigenvalue weighted by Crippen LogP contribution is -1.98. The van der Waals surface area contributed by atoms with Gasteiger partial charge in [0.05, 0.1) is 17.4 Å². The summed E-state index contributed by atoms with van der Waals surface area (Å²) in [7, 11) is 1.93. The zero-order valence-electron chi connectivity index (χ0n) is 14.4. The van der Waals surface area contributed by atoms with Crippen molar-refractivity contribution in [3.63, 3.8) is 0 Å². The third-order valence-electron chi connectivity index (χ3n) is 4.64. The SMILES string of the molecule is Cc1cc(Nc2cc(-c3ccc4cn[nH]c4c3)cn3ccnc23)nn1C. The molecule has 0 spiro atoms. The van der Waals surface area contributed by atoms with Gasteiger partial charge in [-0.05, 0) is 24.6 Å². The Kier molecular flexibility index (Phi) is 3.08. The smallest absolute Gasteiger partial charge is 0.160 e. The molecule has 26 heavy (non-hydrogen) atoms. The highest BCUT2D eigenvalue weighted by atomic mass is 15.3. The molecule has 0 saturated heterocycles. The molecule has 5 aromatic rings. The normalized spacial score (nSPS) is 11.5. The molecule has 0 amide bonds. The summed E-state index contributed by atoms with van der Waals surface area (Å²) in [6.07, 6.45) is 7.65. The van der Waals surface area contributed by atoms with Crippen molar-refractivity contribution in [1.82, 2.24) is 29.4 Å². The summed E-state index contributed by atoms with van der Waals surface area (Å²) in [6.45, 7) is 2.03. The van der Waals surface area contributed by atoms with Gasteiger partial charge in [0.2, 0.25) is 0 Å². The van der Waals surface area contributed by atoms with E-state index in [1.54, 1.807) is 6.20 Å². The van der Waals surface area contributed by atoms with E-state index >= 15 is 0 Å². The maximum absolute atomic E-state index is 4.49. The molecule has 4 aromatic heterocycles. The van der Waals surface area contributed by atoms with E-state index in [0.29, 0.717) is 0 Å². The molecule has 0 aliphatic rings. The highest BCUT2D eigenvalue weighted by Gasteiger charge is 2.10. The topological polar surface area (TPSA) is 75.8 Å². The highest BCUT2D eigenvalue weighted by molar-refractivity contribution is 5.86. The lowest BCUT2D eigenvalue weighted by atomic mass is 10.1. The van der Waals surface area contributed by atoms with Crippen molar-refractivity contribution in [3.05, 3.63) is 60.8 Å². The number of rotatable bonds is 3. The summed E-state index contributed by atoms with van der Waals surface area (Å²) in [5.74, 6) is 0.802. The number of nitrogens with one attached hydrogen (secondary N) is 2. The molecule has 7 nitrogen and oxygen atoms in total. The van der Waals surface area contributed by atoms with Crippen LogP contribution < -0.4 is 5.32 Å². The fourth-order valence-corrected chi connectivity index (χ4v) is 3.16. The van der Waals surface area contributed by atoms with E-state index in [4.69, 9.17) is 0 Å². The fourth-order valence-electron chi connectivity index (χ4n) is 3.16. The van der Waals surface area contributed by atoms with E-state index < -0.39 is 0 Å². The average molecular weight is 343 g/mol. The third-order valence-corrected chi connectivity index (χ3v) is 4.64. The van der Waals surface area contributed by atoms with Gasteiger partial charge < -0.3 is 9.72 Å². The highest BCUT2D eigenvalue weighted by Crippen LogP contribution is 2.29.